The van der Waals surface area contributed by atoms with Crippen molar-refractivity contribution in [2.45, 2.75) is 70.9 Å². The maximum absolute atomic E-state index is 12.8. The Kier molecular flexibility index (Phi) is 5.26. The Bertz CT molecular complexity index is 1000. The zero-order chi connectivity index (χ0) is 21.5. The fourth-order valence-electron chi connectivity index (χ4n) is 4.66. The van der Waals surface area contributed by atoms with Gasteiger partial charge < -0.3 is 15.2 Å². The second-order valence-corrected chi connectivity index (χ2v) is 8.58. The molecule has 1 saturated heterocycles. The van der Waals surface area contributed by atoms with Crippen LogP contribution in [-0.2, 0) is 16.1 Å². The van der Waals surface area contributed by atoms with Gasteiger partial charge in [-0.1, -0.05) is 33.1 Å². The molecule has 1 saturated carbocycles. The second kappa shape index (κ2) is 7.74. The van der Waals surface area contributed by atoms with Crippen LogP contribution in [-0.4, -0.2) is 44.4 Å². The van der Waals surface area contributed by atoms with Gasteiger partial charge in [0.2, 0.25) is 5.91 Å². The van der Waals surface area contributed by atoms with Gasteiger partial charge in [-0.3, -0.25) is 14.5 Å². The predicted molar refractivity (Wildman–Crippen MR) is 114 cm³/mol. The zero-order valence-electron chi connectivity index (χ0n) is 17.8. The van der Waals surface area contributed by atoms with E-state index in [4.69, 9.17) is 4.98 Å². The SMILES string of the molecule is CCn1c(C(C)C)nc2cc(NC(=O)CN3C(=O)NC4(CCCCC4)C3=O)ccc21. The monoisotopic (exact) mass is 411 g/mol. The Morgan fingerprint density at radius 2 is 1.97 bits per heavy atom. The van der Waals surface area contributed by atoms with E-state index in [2.05, 4.69) is 36.0 Å². The van der Waals surface area contributed by atoms with E-state index in [1.165, 1.54) is 0 Å². The Morgan fingerprint density at radius 1 is 1.23 bits per heavy atom. The maximum atomic E-state index is 12.8. The van der Waals surface area contributed by atoms with Crippen LogP contribution in [0.25, 0.3) is 11.0 Å². The molecular formula is C22H29N5O3. The van der Waals surface area contributed by atoms with Crippen LogP contribution < -0.4 is 10.6 Å². The number of hydrogen-bond donors (Lipinski definition) is 2. The Morgan fingerprint density at radius 3 is 2.63 bits per heavy atom. The maximum Gasteiger partial charge on any atom is 0.325 e. The van der Waals surface area contributed by atoms with Gasteiger partial charge in [0, 0.05) is 18.2 Å². The first-order chi connectivity index (χ1) is 14.3. The predicted octanol–water partition coefficient (Wildman–Crippen LogP) is 3.37. The minimum absolute atomic E-state index is 0.277. The van der Waals surface area contributed by atoms with Gasteiger partial charge in [0.05, 0.1) is 11.0 Å². The minimum Gasteiger partial charge on any atom is -0.328 e. The van der Waals surface area contributed by atoms with Crippen molar-refractivity contribution in [2.75, 3.05) is 11.9 Å². The molecule has 1 aliphatic carbocycles. The van der Waals surface area contributed by atoms with Gasteiger partial charge in [-0.15, -0.1) is 0 Å². The van der Waals surface area contributed by atoms with Crippen LogP contribution in [0.2, 0.25) is 0 Å². The van der Waals surface area contributed by atoms with E-state index in [1.54, 1.807) is 0 Å². The van der Waals surface area contributed by atoms with Crippen molar-refractivity contribution in [1.29, 1.82) is 0 Å². The Labute approximate surface area is 176 Å². The lowest BCUT2D eigenvalue weighted by Crippen LogP contribution is -2.48. The van der Waals surface area contributed by atoms with Crippen LogP contribution in [0.4, 0.5) is 10.5 Å². The molecule has 0 bridgehead atoms. The molecule has 30 heavy (non-hydrogen) atoms. The number of hydrogen-bond acceptors (Lipinski definition) is 4. The van der Waals surface area contributed by atoms with Gasteiger partial charge in [-0.05, 0) is 38.0 Å². The number of aryl methyl sites for hydroxylation is 1. The van der Waals surface area contributed by atoms with E-state index in [9.17, 15) is 14.4 Å². The molecule has 2 aromatic rings. The van der Waals surface area contributed by atoms with Gasteiger partial charge >= 0.3 is 6.03 Å². The molecule has 4 amide bonds. The molecule has 8 heteroatoms. The van der Waals surface area contributed by atoms with Gasteiger partial charge in [0.1, 0.15) is 17.9 Å². The number of imide groups is 1. The van der Waals surface area contributed by atoms with Crippen molar-refractivity contribution in [2.24, 2.45) is 0 Å². The molecule has 4 rings (SSSR count). The number of fused-ring (bicyclic) bond motifs is 1. The van der Waals surface area contributed by atoms with Crippen LogP contribution in [0.1, 0.15) is 64.6 Å². The fraction of sp³-hybridized carbons (Fsp3) is 0.545. The third-order valence-corrected chi connectivity index (χ3v) is 6.15. The van der Waals surface area contributed by atoms with Crippen LogP contribution >= 0.6 is 0 Å². The number of anilines is 1. The average Bonchev–Trinajstić information content (AvgIpc) is 3.19. The van der Waals surface area contributed by atoms with E-state index < -0.39 is 17.5 Å². The molecule has 2 fully saturated rings. The first-order valence-corrected chi connectivity index (χ1v) is 10.8. The first-order valence-electron chi connectivity index (χ1n) is 10.8. The number of carbonyl (C=O) groups is 3. The number of nitrogens with zero attached hydrogens (tertiary/aromatic N) is 3. The molecule has 160 valence electrons. The molecule has 0 atom stereocenters. The number of rotatable bonds is 5. The normalized spacial score (nSPS) is 18.5. The third-order valence-electron chi connectivity index (χ3n) is 6.15. The minimum atomic E-state index is -0.811. The highest BCUT2D eigenvalue weighted by Gasteiger charge is 2.51. The van der Waals surface area contributed by atoms with Crippen molar-refractivity contribution < 1.29 is 14.4 Å². The summed E-state index contributed by atoms with van der Waals surface area (Å²) in [5.74, 6) is 0.626. The summed E-state index contributed by atoms with van der Waals surface area (Å²) in [7, 11) is 0. The standard InChI is InChI=1S/C22H29N5O3/c1-4-26-17-9-8-15(12-16(17)24-19(26)14(2)3)23-18(28)13-27-20(29)22(25-21(27)30)10-6-5-7-11-22/h8-9,12,14H,4-7,10-11,13H2,1-3H3,(H,23,28)(H,25,30). The van der Waals surface area contributed by atoms with E-state index >= 15 is 0 Å². The summed E-state index contributed by atoms with van der Waals surface area (Å²) in [5.41, 5.74) is 1.62. The Balaban J connectivity index is 1.48. The summed E-state index contributed by atoms with van der Waals surface area (Å²) < 4.78 is 2.17. The lowest BCUT2D eigenvalue weighted by molar-refractivity contribution is -0.134. The summed E-state index contributed by atoms with van der Waals surface area (Å²) in [6, 6.07) is 5.13. The van der Waals surface area contributed by atoms with Crippen LogP contribution in [0.5, 0.6) is 0 Å². The summed E-state index contributed by atoms with van der Waals surface area (Å²) in [6.07, 6.45) is 4.18. The van der Waals surface area contributed by atoms with Crippen molar-refractivity contribution in [3.05, 3.63) is 24.0 Å². The molecule has 0 unspecified atom stereocenters. The van der Waals surface area contributed by atoms with E-state index in [1.807, 2.05) is 18.2 Å². The fourth-order valence-corrected chi connectivity index (χ4v) is 4.66. The topological polar surface area (TPSA) is 96.3 Å². The molecule has 2 N–H and O–H groups in total. The molecular weight excluding hydrogens is 382 g/mol. The average molecular weight is 412 g/mol. The van der Waals surface area contributed by atoms with Crippen molar-refractivity contribution in [3.63, 3.8) is 0 Å². The highest BCUT2D eigenvalue weighted by molar-refractivity contribution is 6.10. The summed E-state index contributed by atoms with van der Waals surface area (Å²) in [5, 5.41) is 5.64. The van der Waals surface area contributed by atoms with Crippen LogP contribution in [0.15, 0.2) is 18.2 Å². The second-order valence-electron chi connectivity index (χ2n) is 8.58. The van der Waals surface area contributed by atoms with Crippen molar-refractivity contribution in [1.82, 2.24) is 19.8 Å². The Hall–Kier alpha value is -2.90. The van der Waals surface area contributed by atoms with Gasteiger partial charge in [0.25, 0.3) is 5.91 Å². The zero-order valence-corrected chi connectivity index (χ0v) is 17.8. The molecule has 1 aliphatic heterocycles. The van der Waals surface area contributed by atoms with Crippen LogP contribution in [0.3, 0.4) is 0 Å². The molecule has 2 heterocycles. The molecule has 0 radical (unpaired) electrons. The highest BCUT2D eigenvalue weighted by atomic mass is 16.2. The van der Waals surface area contributed by atoms with E-state index in [-0.39, 0.29) is 12.5 Å². The van der Waals surface area contributed by atoms with Gasteiger partial charge in [-0.25, -0.2) is 9.78 Å². The molecule has 1 aromatic heterocycles. The summed E-state index contributed by atoms with van der Waals surface area (Å²) >= 11 is 0. The lowest BCUT2D eigenvalue weighted by atomic mass is 9.82. The third kappa shape index (κ3) is 3.44. The molecule has 2 aliphatic rings. The van der Waals surface area contributed by atoms with Gasteiger partial charge in [-0.2, -0.15) is 0 Å². The molecule has 8 nitrogen and oxygen atoms in total. The van der Waals surface area contributed by atoms with Crippen LogP contribution in [0, 0.1) is 0 Å². The largest absolute Gasteiger partial charge is 0.328 e. The summed E-state index contributed by atoms with van der Waals surface area (Å²) in [6.45, 7) is 6.83. The van der Waals surface area contributed by atoms with E-state index in [0.717, 1.165) is 47.6 Å². The molecule has 1 spiro atoms. The van der Waals surface area contributed by atoms with Gasteiger partial charge in [0.15, 0.2) is 0 Å². The quantitative estimate of drug-likeness (QED) is 0.737. The first kappa shape index (κ1) is 20.4. The number of nitrogens with one attached hydrogen (secondary N) is 2. The lowest BCUT2D eigenvalue weighted by Gasteiger charge is -2.30. The van der Waals surface area contributed by atoms with Crippen molar-refractivity contribution >= 4 is 34.6 Å². The number of urea groups is 1. The molecule has 1 aromatic carbocycles. The summed E-state index contributed by atoms with van der Waals surface area (Å²) in [4.78, 5) is 43.6. The number of aromatic nitrogens is 2. The number of carbonyl (C=O) groups excluding carboxylic acids is 3. The number of amides is 4. The highest BCUT2D eigenvalue weighted by Crippen LogP contribution is 2.33. The van der Waals surface area contributed by atoms with E-state index in [0.29, 0.717) is 24.4 Å². The smallest absolute Gasteiger partial charge is 0.325 e. The number of imidazole rings is 1. The number of benzene rings is 1. The van der Waals surface area contributed by atoms with Crippen molar-refractivity contribution in [3.8, 4) is 0 Å².